The zero-order valence-electron chi connectivity index (χ0n) is 13.7. The van der Waals surface area contributed by atoms with Crippen molar-refractivity contribution in [1.29, 1.82) is 0 Å². The largest absolute Gasteiger partial charge is 0.445 e. The lowest BCUT2D eigenvalue weighted by Gasteiger charge is -2.20. The number of carbonyl (C=O) groups excluding carboxylic acids is 1. The number of aromatic nitrogens is 2. The minimum Gasteiger partial charge on any atom is -0.445 e. The summed E-state index contributed by atoms with van der Waals surface area (Å²) in [6.07, 6.45) is -0.640. The first-order valence-electron chi connectivity index (χ1n) is 7.43. The van der Waals surface area contributed by atoms with Crippen LogP contribution in [0.3, 0.4) is 0 Å². The van der Waals surface area contributed by atoms with Gasteiger partial charge in [-0.25, -0.2) is 9.18 Å². The number of rotatable bonds is 7. The van der Waals surface area contributed by atoms with Crippen molar-refractivity contribution in [2.45, 2.75) is 19.3 Å². The second-order valence-electron chi connectivity index (χ2n) is 5.49. The number of aliphatic hydroxyl groups is 1. The van der Waals surface area contributed by atoms with Crippen molar-refractivity contribution in [3.8, 4) is 0 Å². The van der Waals surface area contributed by atoms with E-state index in [0.29, 0.717) is 5.56 Å². The quantitative estimate of drug-likeness (QED) is 0.577. The summed E-state index contributed by atoms with van der Waals surface area (Å²) >= 11 is 5.77. The first kappa shape index (κ1) is 19.6. The summed E-state index contributed by atoms with van der Waals surface area (Å²) in [5.74, 6) is -0.826. The SMILES string of the molecule is CN(CC(O)Cn1cc([N+](=O)[O-])nc1Cl)C(=O)OCc1ccc(F)cc1. The molecule has 1 unspecified atom stereocenters. The van der Waals surface area contributed by atoms with Crippen LogP contribution in [0.5, 0.6) is 0 Å². The highest BCUT2D eigenvalue weighted by Crippen LogP contribution is 2.16. The molecule has 0 fully saturated rings. The van der Waals surface area contributed by atoms with Crippen LogP contribution in [-0.4, -0.2) is 50.3 Å². The fraction of sp³-hybridized carbons (Fsp3) is 0.333. The van der Waals surface area contributed by atoms with Gasteiger partial charge in [0.2, 0.25) is 0 Å². The molecule has 1 aromatic carbocycles. The van der Waals surface area contributed by atoms with Gasteiger partial charge in [0.05, 0.1) is 19.2 Å². The number of likely N-dealkylation sites (N-methyl/N-ethyl adjacent to an activating group) is 1. The number of hydrogen-bond donors (Lipinski definition) is 1. The number of ether oxygens (including phenoxy) is 1. The molecule has 2 rings (SSSR count). The van der Waals surface area contributed by atoms with Gasteiger partial charge in [0.25, 0.3) is 0 Å². The Morgan fingerprint density at radius 3 is 2.73 bits per heavy atom. The molecular formula is C15H16ClFN4O5. The predicted molar refractivity (Wildman–Crippen MR) is 89.1 cm³/mol. The first-order valence-corrected chi connectivity index (χ1v) is 7.81. The van der Waals surface area contributed by atoms with Crippen molar-refractivity contribution in [2.24, 2.45) is 0 Å². The van der Waals surface area contributed by atoms with E-state index in [1.54, 1.807) is 0 Å². The van der Waals surface area contributed by atoms with E-state index in [4.69, 9.17) is 16.3 Å². The molecule has 1 atom stereocenters. The van der Waals surface area contributed by atoms with Crippen molar-refractivity contribution in [2.75, 3.05) is 13.6 Å². The van der Waals surface area contributed by atoms with Crippen LogP contribution >= 0.6 is 11.6 Å². The fourth-order valence-corrected chi connectivity index (χ4v) is 2.31. The Bertz CT molecular complexity index is 783. The van der Waals surface area contributed by atoms with E-state index in [-0.39, 0.29) is 25.0 Å². The molecule has 9 nitrogen and oxygen atoms in total. The van der Waals surface area contributed by atoms with Crippen LogP contribution in [0.1, 0.15) is 5.56 Å². The Balaban J connectivity index is 1.83. The van der Waals surface area contributed by atoms with Gasteiger partial charge in [0.15, 0.2) is 0 Å². The standard InChI is InChI=1S/C15H16ClFN4O5/c1-19(15(23)26-9-10-2-4-11(17)5-3-10)6-12(22)7-20-8-13(21(24)25)18-14(20)16/h2-5,8,12,22H,6-7,9H2,1H3. The molecule has 0 aliphatic heterocycles. The summed E-state index contributed by atoms with van der Waals surface area (Å²) in [6.45, 7) is -0.223. The Hall–Kier alpha value is -2.72. The van der Waals surface area contributed by atoms with Crippen molar-refractivity contribution < 1.29 is 24.0 Å². The lowest BCUT2D eigenvalue weighted by Crippen LogP contribution is -2.36. The number of halogens is 2. The van der Waals surface area contributed by atoms with E-state index in [2.05, 4.69) is 4.98 Å². The van der Waals surface area contributed by atoms with Crippen molar-refractivity contribution in [3.05, 3.63) is 57.2 Å². The molecule has 11 heteroatoms. The molecular weight excluding hydrogens is 371 g/mol. The van der Waals surface area contributed by atoms with Crippen LogP contribution in [0, 0.1) is 15.9 Å². The maximum absolute atomic E-state index is 12.8. The molecule has 0 aliphatic rings. The fourth-order valence-electron chi connectivity index (χ4n) is 2.11. The summed E-state index contributed by atoms with van der Waals surface area (Å²) < 4.78 is 19.1. The zero-order valence-corrected chi connectivity index (χ0v) is 14.5. The van der Waals surface area contributed by atoms with E-state index >= 15 is 0 Å². The highest BCUT2D eigenvalue weighted by molar-refractivity contribution is 6.28. The number of aliphatic hydroxyl groups excluding tert-OH is 1. The van der Waals surface area contributed by atoms with Crippen LogP contribution in [0.4, 0.5) is 15.0 Å². The Morgan fingerprint density at radius 1 is 1.50 bits per heavy atom. The van der Waals surface area contributed by atoms with Crippen molar-refractivity contribution >= 4 is 23.5 Å². The normalized spacial score (nSPS) is 11.8. The third kappa shape index (κ3) is 5.39. The Morgan fingerprint density at radius 2 is 2.15 bits per heavy atom. The predicted octanol–water partition coefficient (Wildman–Crippen LogP) is 2.21. The van der Waals surface area contributed by atoms with Crippen LogP contribution in [-0.2, 0) is 17.9 Å². The van der Waals surface area contributed by atoms with Gasteiger partial charge >= 0.3 is 17.2 Å². The molecule has 0 spiro atoms. The van der Waals surface area contributed by atoms with Gasteiger partial charge in [0, 0.05) is 7.05 Å². The molecule has 0 bridgehead atoms. The van der Waals surface area contributed by atoms with Crippen LogP contribution in [0.2, 0.25) is 5.28 Å². The molecule has 1 amide bonds. The number of benzene rings is 1. The molecule has 1 aromatic heterocycles. The van der Waals surface area contributed by atoms with E-state index < -0.39 is 28.8 Å². The number of carbonyl (C=O) groups is 1. The number of nitrogens with zero attached hydrogens (tertiary/aromatic N) is 4. The Labute approximate surface area is 152 Å². The van der Waals surface area contributed by atoms with Gasteiger partial charge in [-0.05, 0) is 39.2 Å². The van der Waals surface area contributed by atoms with Gasteiger partial charge in [-0.2, -0.15) is 0 Å². The van der Waals surface area contributed by atoms with E-state index in [9.17, 15) is 24.4 Å². The second kappa shape index (κ2) is 8.59. The third-order valence-corrected chi connectivity index (χ3v) is 3.68. The second-order valence-corrected chi connectivity index (χ2v) is 5.83. The maximum Gasteiger partial charge on any atom is 0.409 e. The van der Waals surface area contributed by atoms with Gasteiger partial charge in [0.1, 0.15) is 18.6 Å². The maximum atomic E-state index is 12.8. The molecule has 0 radical (unpaired) electrons. The molecule has 0 aliphatic carbocycles. The zero-order chi connectivity index (χ0) is 19.3. The number of imidazole rings is 1. The molecule has 2 aromatic rings. The summed E-state index contributed by atoms with van der Waals surface area (Å²) in [7, 11) is 1.42. The lowest BCUT2D eigenvalue weighted by molar-refractivity contribution is -0.389. The Kier molecular flexibility index (Phi) is 6.47. The van der Waals surface area contributed by atoms with Crippen LogP contribution in [0.25, 0.3) is 0 Å². The summed E-state index contributed by atoms with van der Waals surface area (Å²) in [5.41, 5.74) is 0.617. The molecule has 1 heterocycles. The van der Waals surface area contributed by atoms with E-state index in [1.165, 1.54) is 35.9 Å². The number of nitro groups is 1. The summed E-state index contributed by atoms with van der Waals surface area (Å²) in [4.78, 5) is 26.5. The minimum absolute atomic E-state index is 0.0426. The average Bonchev–Trinajstić information content (AvgIpc) is 2.95. The van der Waals surface area contributed by atoms with Gasteiger partial charge < -0.3 is 24.9 Å². The van der Waals surface area contributed by atoms with Crippen LogP contribution in [0.15, 0.2) is 30.5 Å². The molecule has 26 heavy (non-hydrogen) atoms. The van der Waals surface area contributed by atoms with E-state index in [0.717, 1.165) is 11.1 Å². The summed E-state index contributed by atoms with van der Waals surface area (Å²) in [6, 6.07) is 5.49. The smallest absolute Gasteiger partial charge is 0.409 e. The van der Waals surface area contributed by atoms with E-state index in [1.807, 2.05) is 0 Å². The molecule has 0 saturated carbocycles. The topological polar surface area (TPSA) is 111 Å². The van der Waals surface area contributed by atoms with Crippen LogP contribution < -0.4 is 0 Å². The monoisotopic (exact) mass is 386 g/mol. The number of amides is 1. The van der Waals surface area contributed by atoms with Gasteiger partial charge in [-0.1, -0.05) is 12.1 Å². The minimum atomic E-state index is -1.05. The highest BCUT2D eigenvalue weighted by atomic mass is 35.5. The van der Waals surface area contributed by atoms with Crippen molar-refractivity contribution in [3.63, 3.8) is 0 Å². The van der Waals surface area contributed by atoms with Crippen molar-refractivity contribution in [1.82, 2.24) is 14.5 Å². The summed E-state index contributed by atoms with van der Waals surface area (Å²) in [5, 5.41) is 20.5. The average molecular weight is 387 g/mol. The molecule has 140 valence electrons. The first-order chi connectivity index (χ1) is 12.3. The van der Waals surface area contributed by atoms with Gasteiger partial charge in [-0.3, -0.25) is 4.57 Å². The highest BCUT2D eigenvalue weighted by Gasteiger charge is 2.21. The lowest BCUT2D eigenvalue weighted by atomic mass is 10.2. The third-order valence-electron chi connectivity index (χ3n) is 3.38. The number of hydrogen-bond acceptors (Lipinski definition) is 6. The van der Waals surface area contributed by atoms with Gasteiger partial charge in [-0.15, -0.1) is 0 Å². The molecule has 1 N–H and O–H groups in total. The molecule has 0 saturated heterocycles.